The Bertz CT molecular complexity index is 2810. The Hall–Kier alpha value is -6.85. The zero-order valence-corrected chi connectivity index (χ0v) is 27.0. The molecule has 0 bridgehead atoms. The lowest BCUT2D eigenvalue weighted by Gasteiger charge is -2.15. The summed E-state index contributed by atoms with van der Waals surface area (Å²) in [7, 11) is 0. The summed E-state index contributed by atoms with van der Waals surface area (Å²) in [6.07, 6.45) is 5.64. The maximum absolute atomic E-state index is 5.47. The molecule has 0 saturated carbocycles. The van der Waals surface area contributed by atoms with E-state index >= 15 is 0 Å². The molecule has 0 saturated heterocycles. The van der Waals surface area contributed by atoms with Crippen LogP contribution in [0.25, 0.3) is 88.8 Å². The third-order valence-corrected chi connectivity index (χ3v) is 9.62. The third-order valence-electron chi connectivity index (χ3n) is 9.62. The van der Waals surface area contributed by atoms with Gasteiger partial charge >= 0.3 is 0 Å². The highest BCUT2D eigenvalue weighted by Crippen LogP contribution is 2.39. The molecule has 234 valence electrons. The van der Waals surface area contributed by atoms with Crippen LogP contribution >= 0.6 is 0 Å². The van der Waals surface area contributed by atoms with Gasteiger partial charge in [-0.05, 0) is 77.0 Å². The molecule has 5 nitrogen and oxygen atoms in total. The Kier molecular flexibility index (Phi) is 6.42. The van der Waals surface area contributed by atoms with Gasteiger partial charge in [-0.15, -0.1) is 0 Å². The molecule has 4 heterocycles. The number of nitrogens with zero attached hydrogens (tertiary/aromatic N) is 5. The number of fused-ring (bicyclic) bond motifs is 5. The van der Waals surface area contributed by atoms with Crippen molar-refractivity contribution in [2.75, 3.05) is 0 Å². The summed E-state index contributed by atoms with van der Waals surface area (Å²) < 4.78 is 4.63. The van der Waals surface area contributed by atoms with Crippen molar-refractivity contribution >= 4 is 43.6 Å². The molecule has 0 spiro atoms. The monoisotopic (exact) mass is 639 g/mol. The van der Waals surface area contributed by atoms with Crippen LogP contribution in [0.2, 0.25) is 0 Å². The van der Waals surface area contributed by atoms with Crippen molar-refractivity contribution in [3.05, 3.63) is 176 Å². The second-order valence-electron chi connectivity index (χ2n) is 12.6. The van der Waals surface area contributed by atoms with Gasteiger partial charge in [0.15, 0.2) is 0 Å². The van der Waals surface area contributed by atoms with Gasteiger partial charge in [-0.1, -0.05) is 97.1 Å². The first-order chi connectivity index (χ1) is 24.8. The van der Waals surface area contributed by atoms with Crippen molar-refractivity contribution in [1.29, 1.82) is 0 Å². The molecule has 0 aliphatic heterocycles. The summed E-state index contributed by atoms with van der Waals surface area (Å²) in [5.41, 5.74) is 11.2. The largest absolute Gasteiger partial charge is 0.309 e. The van der Waals surface area contributed by atoms with E-state index in [4.69, 9.17) is 9.97 Å². The van der Waals surface area contributed by atoms with Crippen molar-refractivity contribution in [1.82, 2.24) is 24.1 Å². The van der Waals surface area contributed by atoms with Crippen LogP contribution in [-0.2, 0) is 0 Å². The lowest BCUT2D eigenvalue weighted by Crippen LogP contribution is -2.00. The van der Waals surface area contributed by atoms with Gasteiger partial charge < -0.3 is 4.57 Å². The van der Waals surface area contributed by atoms with E-state index in [1.54, 1.807) is 0 Å². The molecule has 10 rings (SSSR count). The van der Waals surface area contributed by atoms with Crippen LogP contribution in [0.5, 0.6) is 0 Å². The number of rotatable bonds is 5. The Morgan fingerprint density at radius 3 is 1.92 bits per heavy atom. The molecular weight excluding hydrogens is 611 g/mol. The fourth-order valence-electron chi connectivity index (χ4n) is 7.35. The van der Waals surface area contributed by atoms with E-state index in [9.17, 15) is 0 Å². The second kappa shape index (κ2) is 11.4. The highest BCUT2D eigenvalue weighted by atomic mass is 15.1. The average Bonchev–Trinajstić information content (AvgIpc) is 3.75. The minimum atomic E-state index is 0.842. The van der Waals surface area contributed by atoms with Crippen LogP contribution in [0.3, 0.4) is 0 Å². The number of imidazole rings is 1. The van der Waals surface area contributed by atoms with Crippen molar-refractivity contribution in [3.63, 3.8) is 0 Å². The molecule has 50 heavy (non-hydrogen) atoms. The van der Waals surface area contributed by atoms with Crippen molar-refractivity contribution in [2.24, 2.45) is 0 Å². The van der Waals surface area contributed by atoms with Crippen molar-refractivity contribution < 1.29 is 0 Å². The van der Waals surface area contributed by atoms with Crippen molar-refractivity contribution in [3.8, 4) is 45.1 Å². The molecule has 0 aliphatic carbocycles. The maximum Gasteiger partial charge on any atom is 0.145 e. The highest BCUT2D eigenvalue weighted by Gasteiger charge is 2.21. The van der Waals surface area contributed by atoms with Gasteiger partial charge in [0.25, 0.3) is 0 Å². The van der Waals surface area contributed by atoms with Crippen LogP contribution in [0.4, 0.5) is 0 Å². The third kappa shape index (κ3) is 4.52. The van der Waals surface area contributed by atoms with E-state index in [-0.39, 0.29) is 0 Å². The molecule has 0 radical (unpaired) electrons. The van der Waals surface area contributed by atoms with Gasteiger partial charge in [-0.2, -0.15) is 0 Å². The smallest absolute Gasteiger partial charge is 0.145 e. The average molecular weight is 640 g/mol. The first-order valence-corrected chi connectivity index (χ1v) is 16.8. The first kappa shape index (κ1) is 28.2. The Balaban J connectivity index is 1.28. The summed E-state index contributed by atoms with van der Waals surface area (Å²) in [5, 5.41) is 4.81. The predicted molar refractivity (Wildman–Crippen MR) is 205 cm³/mol. The minimum absolute atomic E-state index is 0.842. The molecule has 0 N–H and O–H groups in total. The van der Waals surface area contributed by atoms with Crippen LogP contribution in [0.15, 0.2) is 176 Å². The van der Waals surface area contributed by atoms with Crippen LogP contribution in [0.1, 0.15) is 0 Å². The summed E-state index contributed by atoms with van der Waals surface area (Å²) in [4.78, 5) is 14.9. The molecule has 5 heteroatoms. The normalized spacial score (nSPS) is 11.6. The number of aromatic nitrogens is 5. The van der Waals surface area contributed by atoms with E-state index in [2.05, 4.69) is 160 Å². The van der Waals surface area contributed by atoms with Gasteiger partial charge in [-0.25, -0.2) is 4.98 Å². The van der Waals surface area contributed by atoms with E-state index < -0.39 is 0 Å². The Labute approximate surface area is 288 Å². The topological polar surface area (TPSA) is 48.5 Å². The quantitative estimate of drug-likeness (QED) is 0.188. The van der Waals surface area contributed by atoms with Crippen LogP contribution < -0.4 is 0 Å². The van der Waals surface area contributed by atoms with Gasteiger partial charge in [0, 0.05) is 57.4 Å². The molecule has 10 aromatic rings. The molecule has 0 unspecified atom stereocenters. The number of hydrogen-bond donors (Lipinski definition) is 0. The first-order valence-electron chi connectivity index (χ1n) is 16.8. The van der Waals surface area contributed by atoms with Gasteiger partial charge in [0.2, 0.25) is 0 Å². The highest BCUT2D eigenvalue weighted by molar-refractivity contribution is 6.09. The fraction of sp³-hybridized carbons (Fsp3) is 0. The summed E-state index contributed by atoms with van der Waals surface area (Å²) in [6, 6.07) is 55.6. The summed E-state index contributed by atoms with van der Waals surface area (Å²) >= 11 is 0. The lowest BCUT2D eigenvalue weighted by molar-refractivity contribution is 1.10. The van der Waals surface area contributed by atoms with Gasteiger partial charge in [0.05, 0.1) is 22.2 Å². The molecule has 4 aromatic heterocycles. The minimum Gasteiger partial charge on any atom is -0.309 e. The van der Waals surface area contributed by atoms with Crippen molar-refractivity contribution in [2.45, 2.75) is 0 Å². The van der Waals surface area contributed by atoms with E-state index in [0.717, 1.165) is 67.2 Å². The Morgan fingerprint density at radius 1 is 0.420 bits per heavy atom. The number of para-hydroxylation sites is 3. The van der Waals surface area contributed by atoms with E-state index in [1.165, 1.54) is 21.5 Å². The molecule has 6 aromatic carbocycles. The van der Waals surface area contributed by atoms with Crippen LogP contribution in [0, 0.1) is 0 Å². The summed E-state index contributed by atoms with van der Waals surface area (Å²) in [6.45, 7) is 0. The zero-order chi connectivity index (χ0) is 33.0. The maximum atomic E-state index is 5.47. The fourth-order valence-corrected chi connectivity index (χ4v) is 7.35. The molecule has 0 aliphatic rings. The predicted octanol–water partition coefficient (Wildman–Crippen LogP) is 11.1. The van der Waals surface area contributed by atoms with Gasteiger partial charge in [-0.3, -0.25) is 14.5 Å². The molecule has 0 amide bonds. The standard InChI is InChI=1S/C45H29N5/c1-2-14-36(15-3-1)50-42-22-24-47-43(32-21-20-30-11-4-5-12-31(30)25-32)44(42)48-45(50)35-26-34(33-13-10-23-46-29-33)27-37(28-35)49-40-18-8-6-16-38(40)39-17-7-9-19-41(39)49/h1-29H. The van der Waals surface area contributed by atoms with Gasteiger partial charge in [0.1, 0.15) is 11.3 Å². The molecule has 0 fully saturated rings. The number of benzene rings is 6. The lowest BCUT2D eigenvalue weighted by atomic mass is 10.0. The molecule has 0 atom stereocenters. The van der Waals surface area contributed by atoms with Crippen LogP contribution in [-0.4, -0.2) is 24.1 Å². The Morgan fingerprint density at radius 2 is 1.14 bits per heavy atom. The summed E-state index contributed by atoms with van der Waals surface area (Å²) in [5.74, 6) is 0.842. The molecular formula is C45H29N5. The number of hydrogen-bond acceptors (Lipinski definition) is 3. The zero-order valence-electron chi connectivity index (χ0n) is 27.0. The van der Waals surface area contributed by atoms with E-state index in [0.29, 0.717) is 0 Å². The second-order valence-corrected chi connectivity index (χ2v) is 12.6. The number of pyridine rings is 2. The van der Waals surface area contributed by atoms with E-state index in [1.807, 2.05) is 30.7 Å². The SMILES string of the molecule is c1ccc(-n2c(-c3cc(-c4cccnc4)cc(-n4c5ccccc5c5ccccc54)c3)nc3c(-c4ccc5ccccc5c4)nccc32)cc1.